The number of aliphatic imine (C=N–C) groups is 1. The SMILES string of the molecule is CCNC(=NCC1CCN(CCOC)CC1)N(C)CC1CCOC1.I. The van der Waals surface area contributed by atoms with Crippen molar-refractivity contribution in [1.82, 2.24) is 15.1 Å². The molecule has 1 unspecified atom stereocenters. The third kappa shape index (κ3) is 8.41. The Morgan fingerprint density at radius 2 is 2.04 bits per heavy atom. The van der Waals surface area contributed by atoms with Gasteiger partial charge in [0.2, 0.25) is 0 Å². The van der Waals surface area contributed by atoms with Gasteiger partial charge in [0.05, 0.1) is 13.2 Å². The van der Waals surface area contributed by atoms with Crippen LogP contribution >= 0.6 is 24.0 Å². The highest BCUT2D eigenvalue weighted by molar-refractivity contribution is 14.0. The van der Waals surface area contributed by atoms with Crippen LogP contribution in [0, 0.1) is 11.8 Å². The van der Waals surface area contributed by atoms with E-state index in [0.717, 1.165) is 52.0 Å². The van der Waals surface area contributed by atoms with Crippen LogP contribution in [0.5, 0.6) is 0 Å². The van der Waals surface area contributed by atoms with Crippen LogP contribution in [0.1, 0.15) is 26.2 Å². The van der Waals surface area contributed by atoms with E-state index >= 15 is 0 Å². The Hall–Kier alpha value is -0.120. The van der Waals surface area contributed by atoms with Gasteiger partial charge in [-0.05, 0) is 45.2 Å². The highest BCUT2D eigenvalue weighted by Crippen LogP contribution is 2.18. The minimum absolute atomic E-state index is 0. The summed E-state index contributed by atoms with van der Waals surface area (Å²) in [7, 11) is 3.92. The number of nitrogens with one attached hydrogen (secondary N) is 1. The molecule has 0 bridgehead atoms. The molecule has 2 aliphatic rings. The second kappa shape index (κ2) is 13.1. The standard InChI is InChI=1S/C18H36N4O2.HI/c1-4-19-18(21(2)14-17-7-11-24-15-17)20-13-16-5-8-22(9-6-16)10-12-23-3;/h16-17H,4-15H2,1-3H3,(H,19,20);1H. The lowest BCUT2D eigenvalue weighted by atomic mass is 9.97. The van der Waals surface area contributed by atoms with Gasteiger partial charge in [-0.25, -0.2) is 0 Å². The molecule has 2 saturated heterocycles. The van der Waals surface area contributed by atoms with E-state index in [0.29, 0.717) is 11.8 Å². The van der Waals surface area contributed by atoms with Crippen LogP contribution in [0.3, 0.4) is 0 Å². The summed E-state index contributed by atoms with van der Waals surface area (Å²) in [6.45, 7) is 11.1. The number of nitrogens with zero attached hydrogens (tertiary/aromatic N) is 3. The number of methoxy groups -OCH3 is 1. The highest BCUT2D eigenvalue weighted by atomic mass is 127. The maximum Gasteiger partial charge on any atom is 0.193 e. The van der Waals surface area contributed by atoms with Gasteiger partial charge in [-0.15, -0.1) is 24.0 Å². The average Bonchev–Trinajstić information content (AvgIpc) is 3.10. The smallest absolute Gasteiger partial charge is 0.193 e. The van der Waals surface area contributed by atoms with Crippen molar-refractivity contribution in [1.29, 1.82) is 0 Å². The Balaban J connectivity index is 0.00000312. The van der Waals surface area contributed by atoms with Crippen molar-refractivity contribution in [2.24, 2.45) is 16.8 Å². The van der Waals surface area contributed by atoms with E-state index in [9.17, 15) is 0 Å². The van der Waals surface area contributed by atoms with E-state index in [2.05, 4.69) is 29.1 Å². The fraction of sp³-hybridized carbons (Fsp3) is 0.944. The molecule has 0 amide bonds. The van der Waals surface area contributed by atoms with E-state index in [1.54, 1.807) is 7.11 Å². The zero-order valence-electron chi connectivity index (χ0n) is 16.2. The molecule has 148 valence electrons. The lowest BCUT2D eigenvalue weighted by Gasteiger charge is -2.31. The zero-order chi connectivity index (χ0) is 17.2. The van der Waals surface area contributed by atoms with Gasteiger partial charge in [-0.2, -0.15) is 0 Å². The quantitative estimate of drug-likeness (QED) is 0.335. The van der Waals surface area contributed by atoms with Gasteiger partial charge in [0.25, 0.3) is 0 Å². The first-order valence-electron chi connectivity index (χ1n) is 9.51. The molecule has 2 fully saturated rings. The Labute approximate surface area is 170 Å². The summed E-state index contributed by atoms with van der Waals surface area (Å²) in [5.74, 6) is 2.40. The van der Waals surface area contributed by atoms with Crippen LogP contribution in [0.25, 0.3) is 0 Å². The second-order valence-electron chi connectivity index (χ2n) is 7.08. The second-order valence-corrected chi connectivity index (χ2v) is 7.08. The van der Waals surface area contributed by atoms with E-state index in [4.69, 9.17) is 14.5 Å². The zero-order valence-corrected chi connectivity index (χ0v) is 18.5. The maximum atomic E-state index is 5.49. The molecule has 2 rings (SSSR count). The summed E-state index contributed by atoms with van der Waals surface area (Å²) in [6, 6.07) is 0. The molecular formula is C18H37IN4O2. The number of ether oxygens (including phenoxy) is 2. The first-order valence-corrected chi connectivity index (χ1v) is 9.51. The molecule has 2 aliphatic heterocycles. The van der Waals surface area contributed by atoms with Gasteiger partial charge in [-0.1, -0.05) is 0 Å². The largest absolute Gasteiger partial charge is 0.383 e. The number of likely N-dealkylation sites (tertiary alicyclic amines) is 1. The third-order valence-corrected chi connectivity index (χ3v) is 5.07. The molecule has 2 heterocycles. The summed E-state index contributed by atoms with van der Waals surface area (Å²) in [4.78, 5) is 9.69. The number of piperidine rings is 1. The van der Waals surface area contributed by atoms with Crippen LogP contribution in [-0.2, 0) is 9.47 Å². The Morgan fingerprint density at radius 1 is 1.28 bits per heavy atom. The highest BCUT2D eigenvalue weighted by Gasteiger charge is 2.21. The maximum absolute atomic E-state index is 5.49. The van der Waals surface area contributed by atoms with Crippen LogP contribution in [-0.4, -0.2) is 89.0 Å². The molecule has 0 radical (unpaired) electrons. The van der Waals surface area contributed by atoms with Gasteiger partial charge in [-0.3, -0.25) is 4.99 Å². The van der Waals surface area contributed by atoms with Gasteiger partial charge >= 0.3 is 0 Å². The first-order chi connectivity index (χ1) is 11.7. The molecule has 25 heavy (non-hydrogen) atoms. The Kier molecular flexibility index (Phi) is 12.0. The van der Waals surface area contributed by atoms with Crippen LogP contribution in [0.15, 0.2) is 4.99 Å². The lowest BCUT2D eigenvalue weighted by Crippen LogP contribution is -2.42. The van der Waals surface area contributed by atoms with Crippen molar-refractivity contribution < 1.29 is 9.47 Å². The molecule has 1 atom stereocenters. The fourth-order valence-corrected chi connectivity index (χ4v) is 3.50. The van der Waals surface area contributed by atoms with Gasteiger partial charge in [0, 0.05) is 52.9 Å². The van der Waals surface area contributed by atoms with E-state index < -0.39 is 0 Å². The fourth-order valence-electron chi connectivity index (χ4n) is 3.50. The van der Waals surface area contributed by atoms with Crippen molar-refractivity contribution in [3.63, 3.8) is 0 Å². The van der Waals surface area contributed by atoms with Crippen LogP contribution in [0.2, 0.25) is 0 Å². The minimum Gasteiger partial charge on any atom is -0.383 e. The average molecular weight is 468 g/mol. The third-order valence-electron chi connectivity index (χ3n) is 5.07. The molecule has 0 aromatic rings. The minimum atomic E-state index is 0. The van der Waals surface area contributed by atoms with Crippen molar-refractivity contribution >= 4 is 29.9 Å². The lowest BCUT2D eigenvalue weighted by molar-refractivity contribution is 0.121. The van der Waals surface area contributed by atoms with Gasteiger partial charge in [0.1, 0.15) is 0 Å². The molecule has 0 aromatic heterocycles. The summed E-state index contributed by atoms with van der Waals surface area (Å²) in [6.07, 6.45) is 3.66. The molecular weight excluding hydrogens is 431 g/mol. The predicted molar refractivity (Wildman–Crippen MR) is 114 cm³/mol. The Bertz CT molecular complexity index is 370. The molecule has 0 saturated carbocycles. The topological polar surface area (TPSA) is 49.3 Å². The Morgan fingerprint density at radius 3 is 2.64 bits per heavy atom. The van der Waals surface area contributed by atoms with Gasteiger partial charge in [0.15, 0.2) is 5.96 Å². The normalized spacial score (nSPS) is 22.7. The summed E-state index contributed by atoms with van der Waals surface area (Å²) >= 11 is 0. The predicted octanol–water partition coefficient (Wildman–Crippen LogP) is 1.90. The monoisotopic (exact) mass is 468 g/mol. The molecule has 7 heteroatoms. The molecule has 0 aliphatic carbocycles. The van der Waals surface area contributed by atoms with Crippen molar-refractivity contribution in [3.05, 3.63) is 0 Å². The number of guanidine groups is 1. The number of hydrogen-bond acceptors (Lipinski definition) is 4. The summed E-state index contributed by atoms with van der Waals surface area (Å²) in [5.41, 5.74) is 0. The van der Waals surface area contributed by atoms with E-state index in [1.165, 1.54) is 32.4 Å². The number of hydrogen-bond donors (Lipinski definition) is 1. The summed E-state index contributed by atoms with van der Waals surface area (Å²) < 4.78 is 10.7. The number of rotatable bonds is 8. The van der Waals surface area contributed by atoms with Crippen molar-refractivity contribution in [2.75, 3.05) is 73.2 Å². The molecule has 0 aromatic carbocycles. The number of halogens is 1. The van der Waals surface area contributed by atoms with Crippen molar-refractivity contribution in [2.45, 2.75) is 26.2 Å². The molecule has 0 spiro atoms. The van der Waals surface area contributed by atoms with Crippen LogP contribution in [0.4, 0.5) is 0 Å². The molecule has 6 nitrogen and oxygen atoms in total. The van der Waals surface area contributed by atoms with E-state index in [-0.39, 0.29) is 24.0 Å². The first kappa shape index (κ1) is 22.9. The van der Waals surface area contributed by atoms with E-state index in [1.807, 2.05) is 0 Å². The summed E-state index contributed by atoms with van der Waals surface area (Å²) in [5, 5.41) is 3.44. The van der Waals surface area contributed by atoms with Crippen LogP contribution < -0.4 is 5.32 Å². The molecule has 1 N–H and O–H groups in total. The van der Waals surface area contributed by atoms with Gasteiger partial charge < -0.3 is 24.6 Å². The van der Waals surface area contributed by atoms with Crippen molar-refractivity contribution in [3.8, 4) is 0 Å².